The van der Waals surface area contributed by atoms with Crippen LogP contribution >= 0.6 is 11.6 Å². The number of alkyl halides is 3. The van der Waals surface area contributed by atoms with Crippen molar-refractivity contribution in [3.05, 3.63) is 58.4 Å². The van der Waals surface area contributed by atoms with Crippen molar-refractivity contribution in [2.45, 2.75) is 19.1 Å². The van der Waals surface area contributed by atoms with Gasteiger partial charge in [-0.3, -0.25) is 4.90 Å². The first-order valence-corrected chi connectivity index (χ1v) is 11.6. The summed E-state index contributed by atoms with van der Waals surface area (Å²) in [6.45, 7) is 6.29. The van der Waals surface area contributed by atoms with Gasteiger partial charge in [0.1, 0.15) is 5.82 Å². The minimum atomic E-state index is -4.39. The van der Waals surface area contributed by atoms with E-state index < -0.39 is 17.6 Å². The molecule has 0 aromatic heterocycles. The molecule has 2 aliphatic rings. The summed E-state index contributed by atoms with van der Waals surface area (Å²) in [6, 6.07) is 9.17. The molecular formula is C24H29ClF4N4. The minimum Gasteiger partial charge on any atom is -0.370 e. The lowest BCUT2D eigenvalue weighted by Crippen LogP contribution is -2.46. The lowest BCUT2D eigenvalue weighted by molar-refractivity contribution is -0.138. The monoisotopic (exact) mass is 484 g/mol. The largest absolute Gasteiger partial charge is 0.416 e. The SMILES string of the molecule is CN1CCCN(c2ccc(C(F)(F)F)c(CN3CCN(c4ccc(F)c(Cl)c4)CC3)c2)CC1. The van der Waals surface area contributed by atoms with Crippen molar-refractivity contribution in [3.8, 4) is 0 Å². The number of piperazine rings is 1. The third-order valence-corrected chi connectivity index (χ3v) is 6.80. The van der Waals surface area contributed by atoms with Gasteiger partial charge in [0.2, 0.25) is 0 Å². The van der Waals surface area contributed by atoms with Gasteiger partial charge in [0.05, 0.1) is 10.6 Å². The lowest BCUT2D eigenvalue weighted by atomic mass is 10.0. The van der Waals surface area contributed by atoms with Crippen molar-refractivity contribution in [2.75, 3.05) is 69.2 Å². The van der Waals surface area contributed by atoms with Crippen LogP contribution in [-0.4, -0.2) is 69.2 Å². The summed E-state index contributed by atoms with van der Waals surface area (Å²) in [5.74, 6) is -0.463. The number of halogens is 5. The van der Waals surface area contributed by atoms with Crippen molar-refractivity contribution in [1.82, 2.24) is 9.80 Å². The predicted molar refractivity (Wildman–Crippen MR) is 125 cm³/mol. The second-order valence-electron chi connectivity index (χ2n) is 8.84. The van der Waals surface area contributed by atoms with Crippen molar-refractivity contribution < 1.29 is 17.6 Å². The molecule has 0 unspecified atom stereocenters. The Hall–Kier alpha value is -2.03. The topological polar surface area (TPSA) is 13.0 Å². The number of benzene rings is 2. The van der Waals surface area contributed by atoms with Crippen LogP contribution in [0.15, 0.2) is 36.4 Å². The Bertz CT molecular complexity index is 960. The Labute approximate surface area is 197 Å². The summed E-state index contributed by atoms with van der Waals surface area (Å²) < 4.78 is 54.7. The second kappa shape index (κ2) is 10.1. The van der Waals surface area contributed by atoms with E-state index in [1.807, 2.05) is 4.90 Å². The van der Waals surface area contributed by atoms with Gasteiger partial charge in [0.25, 0.3) is 0 Å². The maximum atomic E-state index is 13.8. The molecule has 33 heavy (non-hydrogen) atoms. The molecule has 0 atom stereocenters. The van der Waals surface area contributed by atoms with E-state index in [-0.39, 0.29) is 11.6 Å². The van der Waals surface area contributed by atoms with Crippen LogP contribution < -0.4 is 9.80 Å². The maximum Gasteiger partial charge on any atom is 0.416 e. The molecule has 9 heteroatoms. The minimum absolute atomic E-state index is 0.0706. The molecule has 0 amide bonds. The number of nitrogens with zero attached hydrogens (tertiary/aromatic N) is 4. The zero-order valence-corrected chi connectivity index (χ0v) is 19.5. The van der Waals surface area contributed by atoms with E-state index in [1.54, 1.807) is 24.3 Å². The highest BCUT2D eigenvalue weighted by Crippen LogP contribution is 2.35. The van der Waals surface area contributed by atoms with Crippen LogP contribution in [0, 0.1) is 5.82 Å². The van der Waals surface area contributed by atoms with Crippen LogP contribution in [0.3, 0.4) is 0 Å². The van der Waals surface area contributed by atoms with E-state index in [1.165, 1.54) is 12.1 Å². The number of hydrogen-bond donors (Lipinski definition) is 0. The molecule has 0 N–H and O–H groups in total. The van der Waals surface area contributed by atoms with Crippen LogP contribution in [0.1, 0.15) is 17.5 Å². The summed E-state index contributed by atoms with van der Waals surface area (Å²) in [6.07, 6.45) is -3.40. The van der Waals surface area contributed by atoms with E-state index >= 15 is 0 Å². The Morgan fingerprint density at radius 2 is 1.45 bits per heavy atom. The van der Waals surface area contributed by atoms with Crippen molar-refractivity contribution >= 4 is 23.0 Å². The molecule has 0 spiro atoms. The van der Waals surface area contributed by atoms with E-state index in [2.05, 4.69) is 21.7 Å². The highest BCUT2D eigenvalue weighted by atomic mass is 35.5. The summed E-state index contributed by atoms with van der Waals surface area (Å²) in [5.41, 5.74) is 1.43. The van der Waals surface area contributed by atoms with E-state index in [0.717, 1.165) is 44.0 Å². The molecular weight excluding hydrogens is 456 g/mol. The Kier molecular flexibility index (Phi) is 7.36. The van der Waals surface area contributed by atoms with Crippen LogP contribution in [0.25, 0.3) is 0 Å². The number of hydrogen-bond acceptors (Lipinski definition) is 4. The molecule has 0 saturated carbocycles. The van der Waals surface area contributed by atoms with Gasteiger partial charge in [0, 0.05) is 63.7 Å². The van der Waals surface area contributed by atoms with Crippen LogP contribution in [-0.2, 0) is 12.7 Å². The quantitative estimate of drug-likeness (QED) is 0.568. The fourth-order valence-corrected chi connectivity index (χ4v) is 4.75. The van der Waals surface area contributed by atoms with Crippen LogP contribution in [0.4, 0.5) is 28.9 Å². The fourth-order valence-electron chi connectivity index (χ4n) is 4.58. The summed E-state index contributed by atoms with van der Waals surface area (Å²) in [7, 11) is 2.07. The van der Waals surface area contributed by atoms with E-state index in [0.29, 0.717) is 31.7 Å². The number of likely N-dealkylation sites (N-methyl/N-ethyl adjacent to an activating group) is 1. The van der Waals surface area contributed by atoms with Crippen molar-refractivity contribution in [2.24, 2.45) is 0 Å². The first kappa shape index (κ1) is 24.1. The highest BCUT2D eigenvalue weighted by molar-refractivity contribution is 6.31. The molecule has 4 nitrogen and oxygen atoms in total. The molecule has 2 heterocycles. The Morgan fingerprint density at radius 1 is 0.818 bits per heavy atom. The fraction of sp³-hybridized carbons (Fsp3) is 0.500. The van der Waals surface area contributed by atoms with Gasteiger partial charge in [-0.2, -0.15) is 13.2 Å². The molecule has 0 aliphatic carbocycles. The number of anilines is 2. The maximum absolute atomic E-state index is 13.8. The molecule has 4 rings (SSSR count). The predicted octanol–water partition coefficient (Wildman–Crippen LogP) is 4.96. The van der Waals surface area contributed by atoms with Gasteiger partial charge in [-0.15, -0.1) is 0 Å². The van der Waals surface area contributed by atoms with Crippen molar-refractivity contribution in [1.29, 1.82) is 0 Å². The average molecular weight is 485 g/mol. The molecule has 0 bridgehead atoms. The molecule has 0 radical (unpaired) electrons. The Morgan fingerprint density at radius 3 is 2.15 bits per heavy atom. The summed E-state index contributed by atoms with van der Waals surface area (Å²) in [5, 5.41) is 0.0706. The zero-order chi connectivity index (χ0) is 23.6. The molecule has 2 aromatic rings. The average Bonchev–Trinajstić information content (AvgIpc) is 3.00. The van der Waals surface area contributed by atoms with Crippen LogP contribution in [0.5, 0.6) is 0 Å². The third-order valence-electron chi connectivity index (χ3n) is 6.51. The van der Waals surface area contributed by atoms with Crippen LogP contribution in [0.2, 0.25) is 5.02 Å². The first-order valence-electron chi connectivity index (χ1n) is 11.3. The second-order valence-corrected chi connectivity index (χ2v) is 9.25. The highest BCUT2D eigenvalue weighted by Gasteiger charge is 2.34. The Balaban J connectivity index is 1.47. The van der Waals surface area contributed by atoms with Gasteiger partial charge in [0.15, 0.2) is 0 Å². The molecule has 2 aliphatic heterocycles. The summed E-state index contributed by atoms with van der Waals surface area (Å²) in [4.78, 5) is 8.56. The third kappa shape index (κ3) is 5.91. The number of rotatable bonds is 4. The smallest absolute Gasteiger partial charge is 0.370 e. The molecule has 2 fully saturated rings. The van der Waals surface area contributed by atoms with Gasteiger partial charge >= 0.3 is 6.18 Å². The zero-order valence-electron chi connectivity index (χ0n) is 18.7. The molecule has 180 valence electrons. The standard InChI is InChI=1S/C24H29ClF4N4/c1-30-7-2-8-32(12-9-30)19-3-5-21(24(27,28)29)18(15-19)17-31-10-13-33(14-11-31)20-4-6-23(26)22(25)16-20/h3-6,15-16H,2,7-14,17H2,1H3. The van der Waals surface area contributed by atoms with Gasteiger partial charge < -0.3 is 14.7 Å². The normalized spacial score (nSPS) is 19.1. The lowest BCUT2D eigenvalue weighted by Gasteiger charge is -2.36. The van der Waals surface area contributed by atoms with E-state index in [4.69, 9.17) is 11.6 Å². The summed E-state index contributed by atoms with van der Waals surface area (Å²) >= 11 is 5.90. The van der Waals surface area contributed by atoms with Gasteiger partial charge in [-0.1, -0.05) is 11.6 Å². The first-order chi connectivity index (χ1) is 15.7. The van der Waals surface area contributed by atoms with Gasteiger partial charge in [-0.25, -0.2) is 4.39 Å². The molecule has 2 aromatic carbocycles. The van der Waals surface area contributed by atoms with E-state index in [9.17, 15) is 17.6 Å². The molecule has 2 saturated heterocycles. The van der Waals surface area contributed by atoms with Crippen molar-refractivity contribution in [3.63, 3.8) is 0 Å². The van der Waals surface area contributed by atoms with Gasteiger partial charge in [-0.05, 0) is 62.0 Å².